The van der Waals surface area contributed by atoms with Gasteiger partial charge in [-0.1, -0.05) is 86.0 Å². The van der Waals surface area contributed by atoms with E-state index in [1.54, 1.807) is 0 Å². The van der Waals surface area contributed by atoms with Gasteiger partial charge >= 0.3 is 0 Å². The molecule has 0 unspecified atom stereocenters. The summed E-state index contributed by atoms with van der Waals surface area (Å²) >= 11 is 0. The molecule has 0 amide bonds. The van der Waals surface area contributed by atoms with E-state index in [9.17, 15) is 0 Å². The van der Waals surface area contributed by atoms with Crippen molar-refractivity contribution in [3.05, 3.63) is 84.9 Å². The lowest BCUT2D eigenvalue weighted by molar-refractivity contribution is 1.67. The summed E-state index contributed by atoms with van der Waals surface area (Å²) in [4.78, 5) is 0. The Bertz CT molecular complexity index is 374. The molecule has 0 aliphatic rings. The number of benzene rings is 2. The van der Waals surface area contributed by atoms with Crippen LogP contribution in [0.15, 0.2) is 73.8 Å². The molecule has 0 aliphatic heterocycles. The molecule has 2 aromatic rings. The zero-order chi connectivity index (χ0) is 11.6. The number of hydrogen-bond acceptors (Lipinski definition) is 0. The third-order valence-corrected chi connectivity index (χ3v) is 2.07. The summed E-state index contributed by atoms with van der Waals surface area (Å²) < 4.78 is 0. The summed E-state index contributed by atoms with van der Waals surface area (Å²) in [5.74, 6) is 0. The van der Waals surface area contributed by atoms with Gasteiger partial charge in [-0.05, 0) is 11.1 Å². The third kappa shape index (κ3) is 6.44. The van der Waals surface area contributed by atoms with Gasteiger partial charge in [0.2, 0.25) is 0 Å². The van der Waals surface area contributed by atoms with Crippen LogP contribution >= 0.6 is 13.5 Å². The summed E-state index contributed by atoms with van der Waals surface area (Å²) in [5.41, 5.74) is 2.35. The van der Waals surface area contributed by atoms with Crippen LogP contribution in [0.1, 0.15) is 11.1 Å². The molecule has 0 aliphatic carbocycles. The normalized spacial score (nSPS) is 8.00. The summed E-state index contributed by atoms with van der Waals surface area (Å²) in [7, 11) is 0. The first-order chi connectivity index (χ1) is 7.86. The molecule has 0 atom stereocenters. The van der Waals surface area contributed by atoms with E-state index < -0.39 is 0 Å². The van der Waals surface area contributed by atoms with E-state index in [4.69, 9.17) is 0 Å². The Kier molecular flexibility index (Phi) is 8.53. The lowest BCUT2D eigenvalue weighted by atomic mass is 10.2. The van der Waals surface area contributed by atoms with E-state index in [0.29, 0.717) is 0 Å². The minimum Gasteiger partial charge on any atom is -0.197 e. The van der Waals surface area contributed by atoms with Gasteiger partial charge in [-0.3, -0.25) is 0 Å². The Hall–Kier alpha value is -1.73. The average Bonchev–Trinajstić information content (AvgIpc) is 2.41. The Labute approximate surface area is 111 Å². The first kappa shape index (κ1) is 15.3. The van der Waals surface area contributed by atoms with Gasteiger partial charge in [0.25, 0.3) is 0 Å². The molecule has 0 N–H and O–H groups in total. The van der Waals surface area contributed by atoms with Crippen LogP contribution in [0.3, 0.4) is 0 Å². The largest absolute Gasteiger partial charge is 0.197 e. The topological polar surface area (TPSA) is 0 Å². The van der Waals surface area contributed by atoms with Crippen LogP contribution in [0, 0.1) is 0 Å². The molecule has 0 spiro atoms. The van der Waals surface area contributed by atoms with E-state index in [1.165, 1.54) is 11.1 Å². The summed E-state index contributed by atoms with van der Waals surface area (Å²) in [6.45, 7) is 7.26. The van der Waals surface area contributed by atoms with Crippen molar-refractivity contribution in [3.63, 3.8) is 0 Å². The van der Waals surface area contributed by atoms with E-state index in [1.807, 2.05) is 72.8 Å². The van der Waals surface area contributed by atoms with Crippen LogP contribution in [-0.2, 0) is 0 Å². The lowest BCUT2D eigenvalue weighted by Crippen LogP contribution is -1.63. The van der Waals surface area contributed by atoms with Gasteiger partial charge in [0.05, 0.1) is 0 Å². The zero-order valence-corrected chi connectivity index (χ0v) is 10.8. The van der Waals surface area contributed by atoms with E-state index in [-0.39, 0.29) is 13.5 Å². The molecular weight excluding hydrogens is 224 g/mol. The van der Waals surface area contributed by atoms with Crippen molar-refractivity contribution < 1.29 is 0 Å². The van der Waals surface area contributed by atoms with E-state index in [2.05, 4.69) is 13.2 Å². The third-order valence-electron chi connectivity index (χ3n) is 2.07. The molecule has 88 valence electrons. The molecule has 0 nitrogen and oxygen atoms in total. The smallest absolute Gasteiger partial charge is 0.0263 e. The molecule has 0 saturated carbocycles. The zero-order valence-electron chi connectivity index (χ0n) is 9.84. The second-order valence-corrected chi connectivity index (χ2v) is 3.23. The molecule has 1 heteroatoms. The first-order valence-electron chi connectivity index (χ1n) is 5.22. The summed E-state index contributed by atoms with van der Waals surface area (Å²) in [6.07, 6.45) is 3.67. The Morgan fingerprint density at radius 1 is 0.588 bits per heavy atom. The van der Waals surface area contributed by atoms with Gasteiger partial charge in [0, 0.05) is 0 Å². The Morgan fingerprint density at radius 3 is 1.06 bits per heavy atom. The van der Waals surface area contributed by atoms with Crippen molar-refractivity contribution in [1.29, 1.82) is 0 Å². The minimum atomic E-state index is 0. The number of rotatable bonds is 2. The molecule has 0 bridgehead atoms. The summed E-state index contributed by atoms with van der Waals surface area (Å²) in [6, 6.07) is 20.1. The lowest BCUT2D eigenvalue weighted by Gasteiger charge is -1.85. The molecule has 0 saturated heterocycles. The molecule has 2 rings (SSSR count). The van der Waals surface area contributed by atoms with Crippen LogP contribution in [0.5, 0.6) is 0 Å². The highest BCUT2D eigenvalue weighted by Crippen LogP contribution is 1.98. The predicted octanol–water partition coefficient (Wildman–Crippen LogP) is 4.77. The average molecular weight is 242 g/mol. The van der Waals surface area contributed by atoms with Crippen molar-refractivity contribution in [1.82, 2.24) is 0 Å². The quantitative estimate of drug-likeness (QED) is 0.711. The maximum atomic E-state index is 3.63. The Morgan fingerprint density at radius 2 is 0.882 bits per heavy atom. The van der Waals surface area contributed by atoms with Crippen molar-refractivity contribution in [3.8, 4) is 0 Å². The van der Waals surface area contributed by atoms with Gasteiger partial charge in [0.1, 0.15) is 0 Å². The standard InChI is InChI=1S/2C8H8.H2S/c2*1-2-8-6-4-3-5-7-8;/h2*2-7H,1H2;1H2. The van der Waals surface area contributed by atoms with Gasteiger partial charge < -0.3 is 0 Å². The van der Waals surface area contributed by atoms with Crippen LogP contribution in [-0.4, -0.2) is 0 Å². The highest BCUT2D eigenvalue weighted by Gasteiger charge is 1.76. The predicted molar refractivity (Wildman–Crippen MR) is 83.4 cm³/mol. The Balaban J connectivity index is 0.000000284. The highest BCUT2D eigenvalue weighted by atomic mass is 32.1. The van der Waals surface area contributed by atoms with Gasteiger partial charge in [-0.2, -0.15) is 13.5 Å². The molecule has 2 aromatic carbocycles. The minimum absolute atomic E-state index is 0. The van der Waals surface area contributed by atoms with E-state index in [0.717, 1.165) is 0 Å². The molecule has 0 radical (unpaired) electrons. The molecular formula is C16H18S. The van der Waals surface area contributed by atoms with Crippen LogP contribution in [0.4, 0.5) is 0 Å². The fraction of sp³-hybridized carbons (Fsp3) is 0. The van der Waals surface area contributed by atoms with Crippen molar-refractivity contribution in [2.45, 2.75) is 0 Å². The molecule has 0 heterocycles. The molecule has 17 heavy (non-hydrogen) atoms. The van der Waals surface area contributed by atoms with Gasteiger partial charge in [-0.25, -0.2) is 0 Å². The van der Waals surface area contributed by atoms with Crippen LogP contribution in [0.2, 0.25) is 0 Å². The first-order valence-corrected chi connectivity index (χ1v) is 5.22. The second kappa shape index (κ2) is 9.49. The van der Waals surface area contributed by atoms with Crippen LogP contribution < -0.4 is 0 Å². The highest BCUT2D eigenvalue weighted by molar-refractivity contribution is 7.59. The van der Waals surface area contributed by atoms with Crippen molar-refractivity contribution >= 4 is 25.6 Å². The van der Waals surface area contributed by atoms with Gasteiger partial charge in [-0.15, -0.1) is 0 Å². The fourth-order valence-electron chi connectivity index (χ4n) is 1.18. The van der Waals surface area contributed by atoms with Crippen LogP contribution in [0.25, 0.3) is 12.2 Å². The second-order valence-electron chi connectivity index (χ2n) is 3.23. The van der Waals surface area contributed by atoms with E-state index >= 15 is 0 Å². The fourth-order valence-corrected chi connectivity index (χ4v) is 1.18. The molecule has 0 fully saturated rings. The maximum absolute atomic E-state index is 3.63. The summed E-state index contributed by atoms with van der Waals surface area (Å²) in [5, 5.41) is 0. The number of hydrogen-bond donors (Lipinski definition) is 0. The van der Waals surface area contributed by atoms with Crippen molar-refractivity contribution in [2.24, 2.45) is 0 Å². The monoisotopic (exact) mass is 242 g/mol. The van der Waals surface area contributed by atoms with Crippen molar-refractivity contribution in [2.75, 3.05) is 0 Å². The molecule has 0 aromatic heterocycles. The van der Waals surface area contributed by atoms with Gasteiger partial charge in [0.15, 0.2) is 0 Å². The SMILES string of the molecule is C=Cc1ccccc1.C=Cc1ccccc1.S. The maximum Gasteiger partial charge on any atom is -0.0263 e.